The Hall–Kier alpha value is -6.46. The number of aryl methyl sites for hydroxylation is 3. The fraction of sp³-hybridized carbons (Fsp3) is 0.0652. The van der Waals surface area contributed by atoms with Crippen LogP contribution in [0.3, 0.4) is 0 Å². The Morgan fingerprint density at radius 1 is 0.224 bits per heavy atom. The highest BCUT2D eigenvalue weighted by atomic mass is 27.2. The molecule has 348 valence electrons. The first-order valence-electron chi connectivity index (χ1n) is 18.6. The topological polar surface area (TPSA) is 0 Å². The Labute approximate surface area is 367 Å². The molecule has 0 N–H and O–H groups in total. The molecule has 0 fully saturated rings. The van der Waals surface area contributed by atoms with Crippen molar-refractivity contribution in [2.24, 2.45) is 0 Å². The Morgan fingerprint density at radius 3 is 0.507 bits per heavy atom. The molecule has 0 saturated heterocycles. The average Bonchev–Trinajstić information content (AvgIpc) is 3.31. The zero-order valence-corrected chi connectivity index (χ0v) is 34.7. The lowest BCUT2D eigenvalue weighted by Crippen LogP contribution is -2.81. The van der Waals surface area contributed by atoms with Crippen LogP contribution in [0, 0.1) is 143 Å². The van der Waals surface area contributed by atoms with Crippen molar-refractivity contribution in [3.05, 3.63) is 228 Å². The van der Waals surface area contributed by atoms with Gasteiger partial charge in [0.2, 0.25) is 0 Å². The first kappa shape index (κ1) is 50.0. The number of hydrogen-bond donors (Lipinski definition) is 0. The molecule has 21 heteroatoms. The minimum atomic E-state index is -9.08. The van der Waals surface area contributed by atoms with E-state index in [9.17, 15) is 52.7 Å². The summed E-state index contributed by atoms with van der Waals surface area (Å²) in [6, 6.07) is 26.3. The summed E-state index contributed by atoms with van der Waals surface area (Å²) in [5.41, 5.74) is 7.65. The van der Waals surface area contributed by atoms with Crippen LogP contribution in [-0.2, 0) is 0 Å². The molecule has 0 unspecified atom stereocenters. The van der Waals surface area contributed by atoms with E-state index in [1.807, 2.05) is 0 Å². The van der Waals surface area contributed by atoms with E-state index in [-0.39, 0.29) is 0 Å². The van der Waals surface area contributed by atoms with Crippen LogP contribution in [0.2, 0.25) is 0 Å². The number of hydrogen-bond acceptors (Lipinski definition) is 0. The molecule has 0 spiro atoms. The summed E-state index contributed by atoms with van der Waals surface area (Å²) < 4.78 is 280. The summed E-state index contributed by atoms with van der Waals surface area (Å²) in [6.07, 6.45) is 0. The Balaban J connectivity index is 0.000000279. The van der Waals surface area contributed by atoms with E-state index in [4.69, 9.17) is 0 Å². The van der Waals surface area contributed by atoms with Crippen LogP contribution in [-0.4, -0.2) is 13.1 Å². The van der Waals surface area contributed by atoms with Crippen molar-refractivity contribution in [3.8, 4) is 0 Å². The largest absolute Gasteiger partial charge is 0.300 e. The fourth-order valence-corrected chi connectivity index (χ4v) is 13.3. The quantitative estimate of drug-likeness (QED) is 0.0373. The van der Waals surface area contributed by atoms with Gasteiger partial charge in [-0.25, -0.2) is 87.8 Å². The van der Waals surface area contributed by atoms with Gasteiger partial charge in [0, 0.05) is 0 Å². The zero-order chi connectivity index (χ0) is 49.9. The maximum atomic E-state index is 15.4. The fourth-order valence-electron chi connectivity index (χ4n) is 7.53. The van der Waals surface area contributed by atoms with Crippen molar-refractivity contribution in [1.82, 2.24) is 0 Å². The van der Waals surface area contributed by atoms with Crippen LogP contribution in [0.15, 0.2) is 72.8 Å². The van der Waals surface area contributed by atoms with Crippen molar-refractivity contribution < 1.29 is 87.8 Å². The molecule has 7 rings (SSSR count). The van der Waals surface area contributed by atoms with E-state index in [0.29, 0.717) is 0 Å². The molecule has 67 heavy (non-hydrogen) atoms. The number of rotatable bonds is 7. The van der Waals surface area contributed by atoms with Crippen molar-refractivity contribution in [2.75, 3.05) is 0 Å². The minimum absolute atomic E-state index is 1.26. The molecule has 0 aromatic heterocycles. The molecule has 0 amide bonds. The van der Waals surface area contributed by atoms with Crippen molar-refractivity contribution in [1.29, 1.82) is 0 Å². The molecule has 0 aliphatic rings. The minimum Gasteiger partial charge on any atom is -0.208 e. The van der Waals surface area contributed by atoms with Crippen LogP contribution in [0.4, 0.5) is 87.8 Å². The molecule has 0 atom stereocenters. The van der Waals surface area contributed by atoms with Crippen LogP contribution >= 0.6 is 0 Å². The summed E-state index contributed by atoms with van der Waals surface area (Å²) in [4.78, 5) is 0. The highest BCUT2D eigenvalue weighted by Crippen LogP contribution is 2.33. The molecule has 0 heterocycles. The number of benzene rings is 7. The third kappa shape index (κ3) is 8.15. The van der Waals surface area contributed by atoms with E-state index in [1.54, 1.807) is 0 Å². The van der Waals surface area contributed by atoms with Gasteiger partial charge in [-0.15, -0.1) is 17.7 Å². The van der Waals surface area contributed by atoms with Gasteiger partial charge in [-0.05, 0) is 110 Å². The standard InChI is InChI=1S/C22H21.4C6F5.Al/c1-16-4-10-19(11-5-16)22(20-12-6-17(2)7-13-20)21-14-8-18(3)9-15-21;4*7-2-1-3(8)5(10)6(11)4(2)9;/h4-15H,1-3H3;;;;;/q+1;;;;;-1. The van der Waals surface area contributed by atoms with Crippen LogP contribution < -0.4 is 17.7 Å². The summed E-state index contributed by atoms with van der Waals surface area (Å²) in [5, 5.41) is 0. The van der Waals surface area contributed by atoms with Gasteiger partial charge in [0.05, 0.1) is 22.6 Å². The lowest BCUT2D eigenvalue weighted by atomic mass is 9.84. The smallest absolute Gasteiger partial charge is 0.208 e. The molecule has 7 aromatic rings. The van der Waals surface area contributed by atoms with Crippen LogP contribution in [0.5, 0.6) is 0 Å². The number of halogens is 20. The first-order valence-corrected chi connectivity index (χ1v) is 21.0. The first-order chi connectivity index (χ1) is 31.3. The third-order valence-corrected chi connectivity index (χ3v) is 16.2. The second kappa shape index (κ2) is 18.7. The highest BCUT2D eigenvalue weighted by Gasteiger charge is 2.55. The second-order valence-corrected chi connectivity index (χ2v) is 18.8. The van der Waals surface area contributed by atoms with Gasteiger partial charge < -0.3 is 0 Å². The van der Waals surface area contributed by atoms with Gasteiger partial charge in [0.25, 0.3) is 0 Å². The van der Waals surface area contributed by atoms with Crippen molar-refractivity contribution in [2.45, 2.75) is 20.8 Å². The predicted molar refractivity (Wildman–Crippen MR) is 203 cm³/mol. The molecule has 0 aliphatic carbocycles. The second-order valence-electron chi connectivity index (χ2n) is 14.8. The molecule has 7 aromatic carbocycles. The zero-order valence-electron chi connectivity index (χ0n) is 33.6. The van der Waals surface area contributed by atoms with Gasteiger partial charge >= 0.3 is 13.1 Å². The monoisotopic (exact) mass is 980 g/mol. The maximum Gasteiger partial charge on any atom is 0.300 e. The molecular weight excluding hydrogens is 959 g/mol. The van der Waals surface area contributed by atoms with Gasteiger partial charge in [0.15, 0.2) is 69.8 Å². The van der Waals surface area contributed by atoms with E-state index < -0.39 is 147 Å². The Kier molecular flexibility index (Phi) is 13.9. The van der Waals surface area contributed by atoms with Gasteiger partial charge in [-0.2, -0.15) is 0 Å². The molecule has 0 saturated carbocycles. The molecule has 0 radical (unpaired) electrons. The SMILES string of the molecule is Cc1ccc([C+](c2ccc(C)cc2)c2ccc(C)cc2)cc1.Fc1c(F)c(F)[c]([Al-]([c]2c(F)c(F)c(F)c(F)c2F)([c]2c(F)c(F)c(F)c(F)c2F)[c]2c(F)c(F)c(F)c(F)c2F)c(F)c1F. The Bertz CT molecular complexity index is 2590. The maximum absolute atomic E-state index is 15.4. The molecule has 0 aliphatic heterocycles. The van der Waals surface area contributed by atoms with Gasteiger partial charge in [-0.3, -0.25) is 0 Å². The predicted octanol–water partition coefficient (Wildman–Crippen LogP) is 11.5. The average molecular weight is 981 g/mol. The summed E-state index contributed by atoms with van der Waals surface area (Å²) >= 11 is -9.08. The third-order valence-electron chi connectivity index (χ3n) is 10.7. The van der Waals surface area contributed by atoms with E-state index >= 15 is 35.1 Å². The highest BCUT2D eigenvalue weighted by molar-refractivity contribution is 7.20. The summed E-state index contributed by atoms with van der Waals surface area (Å²) in [7, 11) is 0. The van der Waals surface area contributed by atoms with Gasteiger partial charge in [-0.1, -0.05) is 0 Å². The van der Waals surface area contributed by atoms with Gasteiger partial charge in [0.1, 0.15) is 46.5 Å². The van der Waals surface area contributed by atoms with Crippen molar-refractivity contribution >= 4 is 30.8 Å². The molecule has 0 bridgehead atoms. The van der Waals surface area contributed by atoms with Crippen LogP contribution in [0.25, 0.3) is 0 Å². The van der Waals surface area contributed by atoms with Crippen molar-refractivity contribution in [3.63, 3.8) is 0 Å². The molecular formula is C46H21AlF20. The Morgan fingerprint density at radius 2 is 0.358 bits per heavy atom. The van der Waals surface area contributed by atoms with E-state index in [1.165, 1.54) is 39.3 Å². The van der Waals surface area contributed by atoms with E-state index in [2.05, 4.69) is 93.6 Å². The lowest BCUT2D eigenvalue weighted by molar-refractivity contribution is 0.378. The molecule has 0 nitrogen and oxygen atoms in total. The lowest BCUT2D eigenvalue weighted by Gasteiger charge is -2.42. The van der Waals surface area contributed by atoms with E-state index in [0.717, 1.165) is 0 Å². The van der Waals surface area contributed by atoms with Crippen LogP contribution in [0.1, 0.15) is 33.4 Å². The normalized spacial score (nSPS) is 11.5. The summed E-state index contributed by atoms with van der Waals surface area (Å²) in [6.45, 7) is 6.38. The summed E-state index contributed by atoms with van der Waals surface area (Å²) in [5.74, 6) is -69.5.